The van der Waals surface area contributed by atoms with Crippen LogP contribution in [0, 0.1) is 0 Å². The number of carbonyl (C=O) groups excluding carboxylic acids is 1. The van der Waals surface area contributed by atoms with Crippen molar-refractivity contribution in [3.8, 4) is 0 Å². The summed E-state index contributed by atoms with van der Waals surface area (Å²) in [5, 5.41) is 0. The minimum Gasteiger partial charge on any atom is -0.268 e. The molecule has 0 aromatic heterocycles. The van der Waals surface area contributed by atoms with E-state index in [2.05, 4.69) is 15.9 Å². The maximum Gasteiger partial charge on any atom is 0.272 e. The molecule has 6 heteroatoms. The molecule has 0 unspecified atom stereocenters. The largest absolute Gasteiger partial charge is 0.272 e. The Balaban J connectivity index is 2.13. The second kappa shape index (κ2) is 8.06. The fraction of sp³-hybridized carbons (Fsp3) is 0.0952. The highest BCUT2D eigenvalue weighted by molar-refractivity contribution is 9.10. The number of hydrogen-bond donors (Lipinski definition) is 0. The van der Waals surface area contributed by atoms with Crippen LogP contribution in [0.5, 0.6) is 0 Å². The molecule has 27 heavy (non-hydrogen) atoms. The van der Waals surface area contributed by atoms with Crippen LogP contribution in [0.15, 0.2) is 88.2 Å². The van der Waals surface area contributed by atoms with Crippen LogP contribution >= 0.6 is 15.9 Å². The van der Waals surface area contributed by atoms with Crippen molar-refractivity contribution in [2.75, 3.05) is 4.31 Å². The fourth-order valence-electron chi connectivity index (χ4n) is 2.64. The second-order valence-corrected chi connectivity index (χ2v) is 8.62. The molecule has 0 spiro atoms. The number of amides is 1. The lowest BCUT2D eigenvalue weighted by Gasteiger charge is -2.23. The number of benzene rings is 3. The molecular weight excluding hydrogens is 426 g/mol. The van der Waals surface area contributed by atoms with E-state index >= 15 is 0 Å². The number of carbonyl (C=O) groups is 1. The summed E-state index contributed by atoms with van der Waals surface area (Å²) in [6, 6.07) is 21.6. The quantitative estimate of drug-likeness (QED) is 0.554. The Morgan fingerprint density at radius 1 is 0.889 bits per heavy atom. The van der Waals surface area contributed by atoms with Crippen molar-refractivity contribution in [3.63, 3.8) is 0 Å². The molecule has 0 aliphatic carbocycles. The predicted molar refractivity (Wildman–Crippen MR) is 110 cm³/mol. The van der Waals surface area contributed by atoms with E-state index in [1.807, 2.05) is 19.1 Å². The molecule has 3 rings (SSSR count). The first kappa shape index (κ1) is 19.3. The van der Waals surface area contributed by atoms with E-state index in [4.69, 9.17) is 0 Å². The van der Waals surface area contributed by atoms with Crippen LogP contribution in [0.2, 0.25) is 0 Å². The minimum absolute atomic E-state index is 0.0648. The molecule has 0 bridgehead atoms. The highest BCUT2D eigenvalue weighted by Gasteiger charge is 2.31. The molecule has 0 saturated carbocycles. The number of nitrogens with zero attached hydrogens (tertiary/aromatic N) is 1. The molecule has 0 aliphatic heterocycles. The molecule has 0 atom stereocenters. The van der Waals surface area contributed by atoms with E-state index in [1.54, 1.807) is 54.6 Å². The zero-order valence-electron chi connectivity index (χ0n) is 14.7. The molecule has 0 fully saturated rings. The Morgan fingerprint density at radius 3 is 2.04 bits per heavy atom. The number of hydrogen-bond acceptors (Lipinski definition) is 3. The number of sulfonamides is 1. The summed E-state index contributed by atoms with van der Waals surface area (Å²) in [5.41, 5.74) is 1.66. The zero-order valence-corrected chi connectivity index (χ0v) is 17.1. The van der Waals surface area contributed by atoms with E-state index < -0.39 is 15.9 Å². The van der Waals surface area contributed by atoms with E-state index in [1.165, 1.54) is 12.1 Å². The molecule has 138 valence electrons. The number of rotatable bonds is 5. The van der Waals surface area contributed by atoms with E-state index in [-0.39, 0.29) is 10.5 Å². The smallest absolute Gasteiger partial charge is 0.268 e. The average Bonchev–Trinajstić information content (AvgIpc) is 2.69. The Bertz CT molecular complexity index is 1030. The molecule has 4 nitrogen and oxygen atoms in total. The Morgan fingerprint density at radius 2 is 1.48 bits per heavy atom. The minimum atomic E-state index is -4.06. The van der Waals surface area contributed by atoms with Crippen LogP contribution < -0.4 is 4.31 Å². The number of aryl methyl sites for hydroxylation is 1. The Kier molecular flexibility index (Phi) is 5.77. The molecule has 3 aromatic rings. The fourth-order valence-corrected chi connectivity index (χ4v) is 4.34. The van der Waals surface area contributed by atoms with Crippen molar-refractivity contribution in [1.82, 2.24) is 0 Å². The third kappa shape index (κ3) is 4.12. The normalized spacial score (nSPS) is 11.2. The van der Waals surface area contributed by atoms with Crippen LogP contribution in [-0.2, 0) is 16.4 Å². The summed E-state index contributed by atoms with van der Waals surface area (Å²) in [6.07, 6.45) is 0.826. The van der Waals surface area contributed by atoms with Crippen molar-refractivity contribution in [2.24, 2.45) is 0 Å². The van der Waals surface area contributed by atoms with Gasteiger partial charge in [0.05, 0.1) is 10.6 Å². The standard InChI is InChI=1S/C21H18BrNO3S/c1-2-16-8-14-19(15-9-16)23(21(24)17-10-12-18(22)13-11-17)27(25,26)20-6-4-3-5-7-20/h3-15H,2H2,1H3. The van der Waals surface area contributed by atoms with Gasteiger partial charge in [0.25, 0.3) is 15.9 Å². The van der Waals surface area contributed by atoms with E-state index in [0.717, 1.165) is 20.8 Å². The van der Waals surface area contributed by atoms with Gasteiger partial charge in [-0.05, 0) is 60.5 Å². The molecule has 0 aliphatic rings. The first-order valence-corrected chi connectivity index (χ1v) is 10.7. The summed E-state index contributed by atoms with van der Waals surface area (Å²) in [5.74, 6) is -0.601. The zero-order chi connectivity index (χ0) is 19.4. The van der Waals surface area contributed by atoms with Gasteiger partial charge in [0.15, 0.2) is 0 Å². The number of halogens is 1. The first-order chi connectivity index (χ1) is 12.9. The highest BCUT2D eigenvalue weighted by Crippen LogP contribution is 2.27. The molecular formula is C21H18BrNO3S. The molecule has 0 heterocycles. The van der Waals surface area contributed by atoms with Crippen LogP contribution in [0.1, 0.15) is 22.8 Å². The summed E-state index contributed by atoms with van der Waals surface area (Å²) in [6.45, 7) is 2.01. The number of anilines is 1. The van der Waals surface area contributed by atoms with Gasteiger partial charge in [0.2, 0.25) is 0 Å². The summed E-state index contributed by atoms with van der Waals surface area (Å²) < 4.78 is 28.2. The van der Waals surface area contributed by atoms with E-state index in [9.17, 15) is 13.2 Å². The molecule has 3 aromatic carbocycles. The third-order valence-corrected chi connectivity index (χ3v) is 6.39. The Labute approximate surface area is 167 Å². The van der Waals surface area contributed by atoms with Gasteiger partial charge in [0, 0.05) is 10.0 Å². The van der Waals surface area contributed by atoms with E-state index in [0.29, 0.717) is 5.69 Å². The summed E-state index contributed by atoms with van der Waals surface area (Å²) in [7, 11) is -4.06. The predicted octanol–water partition coefficient (Wildman–Crippen LogP) is 5.05. The van der Waals surface area contributed by atoms with Gasteiger partial charge in [-0.1, -0.05) is 53.2 Å². The van der Waals surface area contributed by atoms with Crippen molar-refractivity contribution in [2.45, 2.75) is 18.2 Å². The molecule has 0 N–H and O–H groups in total. The SMILES string of the molecule is CCc1ccc(N(C(=O)c2ccc(Br)cc2)S(=O)(=O)c2ccccc2)cc1. The van der Waals surface area contributed by atoms with Gasteiger partial charge in [-0.15, -0.1) is 0 Å². The van der Waals surface area contributed by atoms with Gasteiger partial charge >= 0.3 is 0 Å². The van der Waals surface area contributed by atoms with Gasteiger partial charge in [-0.25, -0.2) is 8.42 Å². The Hall–Kier alpha value is -2.44. The van der Waals surface area contributed by atoms with Crippen LogP contribution in [0.25, 0.3) is 0 Å². The lowest BCUT2D eigenvalue weighted by Crippen LogP contribution is -2.37. The lowest BCUT2D eigenvalue weighted by atomic mass is 10.1. The molecule has 0 radical (unpaired) electrons. The van der Waals surface area contributed by atoms with Gasteiger partial charge in [-0.3, -0.25) is 4.79 Å². The van der Waals surface area contributed by atoms with Gasteiger partial charge < -0.3 is 0 Å². The average molecular weight is 444 g/mol. The lowest BCUT2D eigenvalue weighted by molar-refractivity contribution is 0.101. The van der Waals surface area contributed by atoms with Crippen molar-refractivity contribution < 1.29 is 13.2 Å². The van der Waals surface area contributed by atoms with Gasteiger partial charge in [-0.2, -0.15) is 4.31 Å². The highest BCUT2D eigenvalue weighted by atomic mass is 79.9. The topological polar surface area (TPSA) is 54.5 Å². The summed E-state index contributed by atoms with van der Waals surface area (Å²) in [4.78, 5) is 13.2. The van der Waals surface area contributed by atoms with Crippen LogP contribution in [0.4, 0.5) is 5.69 Å². The van der Waals surface area contributed by atoms with Crippen molar-refractivity contribution in [1.29, 1.82) is 0 Å². The monoisotopic (exact) mass is 443 g/mol. The maximum atomic E-state index is 13.3. The van der Waals surface area contributed by atoms with Gasteiger partial charge in [0.1, 0.15) is 0 Å². The molecule has 0 saturated heterocycles. The maximum absolute atomic E-state index is 13.3. The molecule has 1 amide bonds. The van der Waals surface area contributed by atoms with Crippen molar-refractivity contribution >= 4 is 37.5 Å². The first-order valence-electron chi connectivity index (χ1n) is 8.42. The second-order valence-electron chi connectivity index (χ2n) is 5.91. The van der Waals surface area contributed by atoms with Crippen LogP contribution in [-0.4, -0.2) is 14.3 Å². The summed E-state index contributed by atoms with van der Waals surface area (Å²) >= 11 is 3.33. The van der Waals surface area contributed by atoms with Crippen molar-refractivity contribution in [3.05, 3.63) is 94.5 Å². The van der Waals surface area contributed by atoms with Crippen LogP contribution in [0.3, 0.4) is 0 Å². The third-order valence-electron chi connectivity index (χ3n) is 4.14.